The Bertz CT molecular complexity index is 519. The van der Waals surface area contributed by atoms with Gasteiger partial charge in [0.15, 0.2) is 5.96 Å². The first-order chi connectivity index (χ1) is 11.1. The fraction of sp³-hybridized carbons (Fsp3) is 0.625. The molecule has 136 valence electrons. The normalized spacial score (nSPS) is 17.3. The second-order valence-corrected chi connectivity index (χ2v) is 6.01. The van der Waals surface area contributed by atoms with Gasteiger partial charge in [0.25, 0.3) is 0 Å². The van der Waals surface area contributed by atoms with Gasteiger partial charge >= 0.3 is 0 Å². The van der Waals surface area contributed by atoms with Gasteiger partial charge in [-0.05, 0) is 31.7 Å². The van der Waals surface area contributed by atoms with Crippen LogP contribution in [0.1, 0.15) is 12.5 Å². The summed E-state index contributed by atoms with van der Waals surface area (Å²) in [6.45, 7) is 7.30. The molecule has 2 rings (SSSR count). The van der Waals surface area contributed by atoms with Gasteiger partial charge in [0.1, 0.15) is 5.82 Å². The molecule has 1 saturated heterocycles. The summed E-state index contributed by atoms with van der Waals surface area (Å²) in [5.41, 5.74) is 7.01. The number of halogens is 1. The number of nitrogens with zero attached hydrogens (tertiary/aromatic N) is 4. The maximum Gasteiger partial charge on any atom is 0.189 e. The molecular formula is C16H29IN6O. The van der Waals surface area contributed by atoms with E-state index in [0.29, 0.717) is 19.1 Å². The zero-order chi connectivity index (χ0) is 16.7. The molecule has 8 heteroatoms. The monoisotopic (exact) mass is 448 g/mol. The average molecular weight is 448 g/mol. The largest absolute Gasteiger partial charge is 0.383 e. The van der Waals surface area contributed by atoms with Crippen LogP contribution in [0.3, 0.4) is 0 Å². The van der Waals surface area contributed by atoms with Crippen molar-refractivity contribution in [3.63, 3.8) is 0 Å². The molecule has 1 aliphatic heterocycles. The molecule has 0 bridgehead atoms. The molecule has 1 atom stereocenters. The number of nitrogens with one attached hydrogen (secondary N) is 1. The lowest BCUT2D eigenvalue weighted by Crippen LogP contribution is -2.44. The van der Waals surface area contributed by atoms with Crippen molar-refractivity contribution >= 4 is 35.8 Å². The van der Waals surface area contributed by atoms with E-state index in [0.717, 1.165) is 37.6 Å². The highest BCUT2D eigenvalue weighted by Gasteiger charge is 2.15. The number of likely N-dealkylation sites (N-methyl/N-ethyl adjacent to an activating group) is 1. The Morgan fingerprint density at radius 3 is 2.79 bits per heavy atom. The molecule has 0 spiro atoms. The SMILES string of the molecule is COCC(C)NC(N)=NCc1ccnc(N2CCN(C)CC2)c1.I. The van der Waals surface area contributed by atoms with Crippen LogP contribution in [0.5, 0.6) is 0 Å². The minimum absolute atomic E-state index is 0. The fourth-order valence-electron chi connectivity index (χ4n) is 2.53. The summed E-state index contributed by atoms with van der Waals surface area (Å²) in [4.78, 5) is 13.5. The van der Waals surface area contributed by atoms with Crippen LogP contribution in [0, 0.1) is 0 Å². The summed E-state index contributed by atoms with van der Waals surface area (Å²) in [6, 6.07) is 4.22. The van der Waals surface area contributed by atoms with Crippen molar-refractivity contribution in [2.24, 2.45) is 10.7 Å². The number of rotatable bonds is 6. The van der Waals surface area contributed by atoms with Gasteiger partial charge in [0.2, 0.25) is 0 Å². The number of hydrogen-bond acceptors (Lipinski definition) is 5. The topological polar surface area (TPSA) is 79.0 Å². The average Bonchev–Trinajstić information content (AvgIpc) is 2.54. The van der Waals surface area contributed by atoms with Crippen LogP contribution < -0.4 is 16.0 Å². The van der Waals surface area contributed by atoms with Gasteiger partial charge in [-0.15, -0.1) is 24.0 Å². The Morgan fingerprint density at radius 2 is 2.12 bits per heavy atom. The van der Waals surface area contributed by atoms with Crippen LogP contribution in [0.4, 0.5) is 5.82 Å². The third-order valence-corrected chi connectivity index (χ3v) is 3.88. The predicted molar refractivity (Wildman–Crippen MR) is 109 cm³/mol. The lowest BCUT2D eigenvalue weighted by Gasteiger charge is -2.33. The number of pyridine rings is 1. The van der Waals surface area contributed by atoms with Crippen molar-refractivity contribution in [1.29, 1.82) is 0 Å². The first-order valence-electron chi connectivity index (χ1n) is 8.02. The number of anilines is 1. The molecular weight excluding hydrogens is 419 g/mol. The molecule has 1 aromatic rings. The number of methoxy groups -OCH3 is 1. The zero-order valence-electron chi connectivity index (χ0n) is 14.7. The second-order valence-electron chi connectivity index (χ2n) is 6.01. The van der Waals surface area contributed by atoms with Gasteiger partial charge in [-0.25, -0.2) is 9.98 Å². The highest BCUT2D eigenvalue weighted by atomic mass is 127. The second kappa shape index (κ2) is 10.7. The predicted octanol–water partition coefficient (Wildman–Crippen LogP) is 0.891. The smallest absolute Gasteiger partial charge is 0.189 e. The standard InChI is InChI=1S/C16H28N6O.HI/c1-13(12-23-3)20-16(17)19-11-14-4-5-18-15(10-14)22-8-6-21(2)7-9-22;/h4-5,10,13H,6-9,11-12H2,1-3H3,(H3,17,19,20);1H. The molecule has 1 aliphatic rings. The Balaban J connectivity index is 0.00000288. The van der Waals surface area contributed by atoms with Crippen molar-refractivity contribution in [3.05, 3.63) is 23.9 Å². The van der Waals surface area contributed by atoms with E-state index in [-0.39, 0.29) is 30.0 Å². The quantitative estimate of drug-likeness (QED) is 0.383. The summed E-state index contributed by atoms with van der Waals surface area (Å²) in [6.07, 6.45) is 1.84. The molecule has 0 radical (unpaired) electrons. The van der Waals surface area contributed by atoms with Crippen LogP contribution in [0.15, 0.2) is 23.3 Å². The number of hydrogen-bond donors (Lipinski definition) is 2. The number of aliphatic imine (C=N–C) groups is 1. The molecule has 1 fully saturated rings. The van der Waals surface area contributed by atoms with Crippen molar-refractivity contribution in [1.82, 2.24) is 15.2 Å². The highest BCUT2D eigenvalue weighted by Crippen LogP contribution is 2.15. The highest BCUT2D eigenvalue weighted by molar-refractivity contribution is 14.0. The molecule has 0 saturated carbocycles. The lowest BCUT2D eigenvalue weighted by atomic mass is 10.2. The van der Waals surface area contributed by atoms with Crippen molar-refractivity contribution in [2.45, 2.75) is 19.5 Å². The third-order valence-electron chi connectivity index (χ3n) is 3.88. The summed E-state index contributed by atoms with van der Waals surface area (Å²) < 4.78 is 5.07. The lowest BCUT2D eigenvalue weighted by molar-refractivity contribution is 0.179. The maximum absolute atomic E-state index is 5.90. The summed E-state index contributed by atoms with van der Waals surface area (Å²) in [5.74, 6) is 1.46. The number of nitrogens with two attached hydrogens (primary N) is 1. The summed E-state index contributed by atoms with van der Waals surface area (Å²) in [7, 11) is 3.82. The van der Waals surface area contributed by atoms with Crippen LogP contribution >= 0.6 is 24.0 Å². The van der Waals surface area contributed by atoms with Gasteiger partial charge in [-0.3, -0.25) is 0 Å². The van der Waals surface area contributed by atoms with Crippen molar-refractivity contribution in [3.8, 4) is 0 Å². The molecule has 7 nitrogen and oxygen atoms in total. The van der Waals surface area contributed by atoms with E-state index < -0.39 is 0 Å². The Kier molecular flexibility index (Phi) is 9.30. The van der Waals surface area contributed by atoms with E-state index in [1.165, 1.54) is 0 Å². The van der Waals surface area contributed by atoms with Gasteiger partial charge in [0.05, 0.1) is 13.2 Å². The van der Waals surface area contributed by atoms with E-state index in [4.69, 9.17) is 10.5 Å². The Labute approximate surface area is 161 Å². The third kappa shape index (κ3) is 6.78. The fourth-order valence-corrected chi connectivity index (χ4v) is 2.53. The van der Waals surface area contributed by atoms with E-state index in [1.54, 1.807) is 7.11 Å². The Hall–Kier alpha value is -1.13. The van der Waals surface area contributed by atoms with Crippen LogP contribution in [0.2, 0.25) is 0 Å². The van der Waals surface area contributed by atoms with Gasteiger partial charge in [0, 0.05) is 45.5 Å². The van der Waals surface area contributed by atoms with Crippen molar-refractivity contribution < 1.29 is 4.74 Å². The summed E-state index contributed by atoms with van der Waals surface area (Å²) in [5, 5.41) is 3.11. The Morgan fingerprint density at radius 1 is 1.42 bits per heavy atom. The molecule has 0 amide bonds. The zero-order valence-corrected chi connectivity index (χ0v) is 17.1. The molecule has 0 aromatic carbocycles. The van der Waals surface area contributed by atoms with E-state index in [2.05, 4.69) is 38.2 Å². The molecule has 24 heavy (non-hydrogen) atoms. The molecule has 3 N–H and O–H groups in total. The first kappa shape index (κ1) is 20.9. The van der Waals surface area contributed by atoms with E-state index >= 15 is 0 Å². The molecule has 2 heterocycles. The number of ether oxygens (including phenoxy) is 1. The minimum atomic E-state index is 0. The van der Waals surface area contributed by atoms with Crippen LogP contribution in [-0.4, -0.2) is 68.8 Å². The maximum atomic E-state index is 5.90. The van der Waals surface area contributed by atoms with E-state index in [9.17, 15) is 0 Å². The van der Waals surface area contributed by atoms with Crippen LogP contribution in [-0.2, 0) is 11.3 Å². The number of aromatic nitrogens is 1. The van der Waals surface area contributed by atoms with Gasteiger partial charge in [-0.2, -0.15) is 0 Å². The van der Waals surface area contributed by atoms with E-state index in [1.807, 2.05) is 19.2 Å². The summed E-state index contributed by atoms with van der Waals surface area (Å²) >= 11 is 0. The minimum Gasteiger partial charge on any atom is -0.383 e. The van der Waals surface area contributed by atoms with Crippen molar-refractivity contribution in [2.75, 3.05) is 51.8 Å². The molecule has 0 aliphatic carbocycles. The molecule has 1 aromatic heterocycles. The number of guanidine groups is 1. The van der Waals surface area contributed by atoms with Crippen LogP contribution in [0.25, 0.3) is 0 Å². The van der Waals surface area contributed by atoms with Gasteiger partial charge in [-0.1, -0.05) is 0 Å². The first-order valence-corrected chi connectivity index (χ1v) is 8.02. The number of piperazine rings is 1. The molecule has 1 unspecified atom stereocenters. The van der Waals surface area contributed by atoms with Gasteiger partial charge < -0.3 is 25.6 Å².